The summed E-state index contributed by atoms with van der Waals surface area (Å²) in [7, 11) is 1.40. The number of halogens is 3. The van der Waals surface area contributed by atoms with Gasteiger partial charge in [-0.25, -0.2) is 23.0 Å². The van der Waals surface area contributed by atoms with Crippen molar-refractivity contribution in [1.29, 1.82) is 0 Å². The molecule has 4 aromatic rings. The smallest absolute Gasteiger partial charge is 0.340 e. The van der Waals surface area contributed by atoms with E-state index in [1.807, 2.05) is 0 Å². The molecule has 2 N–H and O–H groups in total. The first-order chi connectivity index (χ1) is 18.1. The van der Waals surface area contributed by atoms with Crippen molar-refractivity contribution in [3.8, 4) is 28.6 Å². The number of esters is 1. The molecule has 1 aromatic carbocycles. The van der Waals surface area contributed by atoms with E-state index < -0.39 is 42.6 Å². The van der Waals surface area contributed by atoms with Gasteiger partial charge < -0.3 is 19.9 Å². The average Bonchev–Trinajstić information content (AvgIpc) is 3.32. The predicted molar refractivity (Wildman–Crippen MR) is 133 cm³/mol. The molecule has 38 heavy (non-hydrogen) atoms. The number of benzene rings is 1. The van der Waals surface area contributed by atoms with Crippen LogP contribution in [0.2, 0.25) is 5.02 Å². The van der Waals surface area contributed by atoms with Crippen molar-refractivity contribution in [1.82, 2.24) is 18.9 Å². The van der Waals surface area contributed by atoms with Crippen molar-refractivity contribution in [3.05, 3.63) is 70.5 Å². The lowest BCUT2D eigenvalue weighted by Crippen LogP contribution is -2.58. The quantitative estimate of drug-likeness (QED) is 0.335. The van der Waals surface area contributed by atoms with Crippen molar-refractivity contribution in [2.45, 2.75) is 24.4 Å². The third kappa shape index (κ3) is 4.79. The first-order valence-corrected chi connectivity index (χ1v) is 11.8. The van der Waals surface area contributed by atoms with Crippen LogP contribution in [0.4, 0.5) is 8.78 Å². The lowest BCUT2D eigenvalue weighted by atomic mass is 9.77. The van der Waals surface area contributed by atoms with E-state index >= 15 is 0 Å². The molecule has 10 nitrogen and oxygen atoms in total. The van der Waals surface area contributed by atoms with E-state index in [1.54, 1.807) is 36.4 Å². The van der Waals surface area contributed by atoms with Crippen LogP contribution < -0.4 is 20.9 Å². The molecule has 1 saturated carbocycles. The normalized spacial score (nSPS) is 15.6. The van der Waals surface area contributed by atoms with Gasteiger partial charge >= 0.3 is 11.7 Å². The number of ether oxygens (including phenoxy) is 3. The summed E-state index contributed by atoms with van der Waals surface area (Å²) in [5, 5.41) is 0.467. The molecule has 1 aliphatic rings. The highest BCUT2D eigenvalue weighted by Gasteiger charge is 2.60. The van der Waals surface area contributed by atoms with Crippen molar-refractivity contribution in [3.63, 3.8) is 0 Å². The average molecular weight is 546 g/mol. The molecule has 3 heterocycles. The number of pyridine rings is 1. The van der Waals surface area contributed by atoms with Crippen LogP contribution in [-0.2, 0) is 9.53 Å². The van der Waals surface area contributed by atoms with Crippen LogP contribution in [-0.4, -0.2) is 56.7 Å². The Balaban J connectivity index is 1.44. The maximum Gasteiger partial charge on any atom is 0.340 e. The highest BCUT2D eigenvalue weighted by molar-refractivity contribution is 6.30. The molecule has 0 atom stereocenters. The summed E-state index contributed by atoms with van der Waals surface area (Å²) in [6, 6.07) is 11.5. The molecule has 1 aliphatic carbocycles. The molecule has 198 valence electrons. The van der Waals surface area contributed by atoms with E-state index in [0.29, 0.717) is 27.7 Å². The minimum atomic E-state index is -2.96. The zero-order valence-electron chi connectivity index (χ0n) is 20.1. The summed E-state index contributed by atoms with van der Waals surface area (Å²) in [5.74, 6) is -3.32. The zero-order valence-corrected chi connectivity index (χ0v) is 20.8. The highest BCUT2D eigenvalue weighted by atomic mass is 35.5. The summed E-state index contributed by atoms with van der Waals surface area (Å²) >= 11 is 5.94. The first kappa shape index (κ1) is 25.6. The topological polar surface area (TPSA) is 123 Å². The van der Waals surface area contributed by atoms with Gasteiger partial charge in [-0.1, -0.05) is 11.6 Å². The van der Waals surface area contributed by atoms with Crippen LogP contribution in [0.1, 0.15) is 12.8 Å². The number of carbonyl (C=O) groups is 1. The number of nitrogens with zero attached hydrogens (tertiary/aromatic N) is 4. The van der Waals surface area contributed by atoms with E-state index in [-0.39, 0.29) is 18.1 Å². The molecule has 5 rings (SSSR count). The van der Waals surface area contributed by atoms with E-state index in [2.05, 4.69) is 9.97 Å². The van der Waals surface area contributed by atoms with Gasteiger partial charge in [0.25, 0.3) is 5.92 Å². The molecule has 0 unspecified atom stereocenters. The number of alkyl halides is 2. The third-order valence-corrected chi connectivity index (χ3v) is 6.35. The molecule has 1 fully saturated rings. The molecule has 0 spiro atoms. The maximum atomic E-state index is 13.6. The van der Waals surface area contributed by atoms with Gasteiger partial charge in [0.2, 0.25) is 0 Å². The Hall–Kier alpha value is -4.03. The van der Waals surface area contributed by atoms with Crippen LogP contribution in [0.25, 0.3) is 22.7 Å². The fourth-order valence-corrected chi connectivity index (χ4v) is 4.53. The molecular formula is C25H22ClF2N5O5. The Morgan fingerprint density at radius 2 is 1.92 bits per heavy atom. The third-order valence-electron chi connectivity index (χ3n) is 6.13. The van der Waals surface area contributed by atoms with Gasteiger partial charge in [-0.3, -0.25) is 14.3 Å². The zero-order chi connectivity index (χ0) is 27.1. The molecule has 0 bridgehead atoms. The number of hydrogen-bond acceptors (Lipinski definition) is 8. The molecule has 3 aromatic heterocycles. The van der Waals surface area contributed by atoms with E-state index in [9.17, 15) is 18.4 Å². The summed E-state index contributed by atoms with van der Waals surface area (Å²) in [4.78, 5) is 33.8. The number of fused-ring (bicyclic) bond motifs is 1. The Morgan fingerprint density at radius 1 is 1.13 bits per heavy atom. The van der Waals surface area contributed by atoms with Gasteiger partial charge in [-0.2, -0.15) is 0 Å². The molecule has 0 saturated heterocycles. The van der Waals surface area contributed by atoms with Gasteiger partial charge in [-0.15, -0.1) is 0 Å². The first-order valence-electron chi connectivity index (χ1n) is 11.5. The van der Waals surface area contributed by atoms with Crippen molar-refractivity contribution < 1.29 is 27.8 Å². The molecular weight excluding hydrogens is 524 g/mol. The van der Waals surface area contributed by atoms with Gasteiger partial charge in [-0.05, 0) is 36.4 Å². The van der Waals surface area contributed by atoms with Crippen molar-refractivity contribution >= 4 is 23.2 Å². The molecule has 0 aliphatic heterocycles. The Labute approximate surface area is 219 Å². The van der Waals surface area contributed by atoms with Gasteiger partial charge in [0, 0.05) is 12.3 Å². The number of nitrogens with two attached hydrogens (primary N) is 1. The monoisotopic (exact) mass is 545 g/mol. The summed E-state index contributed by atoms with van der Waals surface area (Å²) in [6.07, 6.45) is 1.52. The van der Waals surface area contributed by atoms with Crippen LogP contribution >= 0.6 is 11.6 Å². The molecule has 0 radical (unpaired) electrons. The lowest BCUT2D eigenvalue weighted by molar-refractivity contribution is -0.233. The minimum absolute atomic E-state index is 0.212. The lowest BCUT2D eigenvalue weighted by Gasteiger charge is -2.45. The van der Waals surface area contributed by atoms with Crippen molar-refractivity contribution in [2.75, 3.05) is 20.3 Å². The largest absolute Gasteiger partial charge is 0.493 e. The number of methoxy groups -OCH3 is 1. The highest BCUT2D eigenvalue weighted by Crippen LogP contribution is 2.48. The van der Waals surface area contributed by atoms with Gasteiger partial charge in [0.05, 0.1) is 48.6 Å². The second-order valence-corrected chi connectivity index (χ2v) is 9.30. The Morgan fingerprint density at radius 3 is 2.58 bits per heavy atom. The number of hydrogen-bond donors (Lipinski definition) is 1. The Bertz CT molecular complexity index is 1560. The minimum Gasteiger partial charge on any atom is -0.493 e. The maximum absolute atomic E-state index is 13.6. The van der Waals surface area contributed by atoms with Crippen LogP contribution in [0.5, 0.6) is 11.5 Å². The van der Waals surface area contributed by atoms with Crippen LogP contribution in [0.3, 0.4) is 0 Å². The van der Waals surface area contributed by atoms with Crippen LogP contribution in [0.15, 0.2) is 59.8 Å². The fourth-order valence-electron chi connectivity index (χ4n) is 4.42. The van der Waals surface area contributed by atoms with E-state index in [0.717, 1.165) is 0 Å². The second kappa shape index (κ2) is 9.69. The van der Waals surface area contributed by atoms with Gasteiger partial charge in [0.15, 0.2) is 17.1 Å². The number of aromatic nitrogens is 4. The SMILES string of the molecule is COc1cc(-n2cnc3ccc(-c4ccc(Cl)cn4)n3c2=O)ccc1OCC1(OC(=O)CN)CC(F)(F)C1. The van der Waals surface area contributed by atoms with E-state index in [4.69, 9.17) is 31.5 Å². The number of carbonyl (C=O) groups excluding carboxylic acids is 1. The summed E-state index contributed by atoms with van der Waals surface area (Å²) < 4.78 is 46.3. The summed E-state index contributed by atoms with van der Waals surface area (Å²) in [5.41, 5.74) is 5.29. The van der Waals surface area contributed by atoms with Gasteiger partial charge in [0.1, 0.15) is 18.6 Å². The molecule has 0 amide bonds. The molecule has 13 heteroatoms. The number of rotatable bonds is 8. The fraction of sp³-hybridized carbons (Fsp3) is 0.280. The predicted octanol–water partition coefficient (Wildman–Crippen LogP) is 3.26. The Kier molecular flexibility index (Phi) is 6.53. The van der Waals surface area contributed by atoms with Crippen LogP contribution in [0, 0.1) is 0 Å². The standard InChI is InChI=1S/C25H22ClF2N5O5/c1-36-20-8-16(3-6-19(20)37-13-24(38-22(34)9-29)11-25(27,28)12-24)32-14-31-21-7-5-18(33(21)23(32)35)17-4-2-15(26)10-30-17/h2-8,10,14H,9,11-13,29H2,1H3. The van der Waals surface area contributed by atoms with Crippen molar-refractivity contribution in [2.24, 2.45) is 5.73 Å². The van der Waals surface area contributed by atoms with E-state index in [1.165, 1.54) is 34.7 Å². The summed E-state index contributed by atoms with van der Waals surface area (Å²) in [6.45, 7) is -0.756. The second-order valence-electron chi connectivity index (χ2n) is 8.87.